The van der Waals surface area contributed by atoms with Gasteiger partial charge in [-0.1, -0.05) is 56.3 Å². The topological polar surface area (TPSA) is 58.4 Å². The largest absolute Gasteiger partial charge is 0.508 e. The van der Waals surface area contributed by atoms with Crippen molar-refractivity contribution in [1.82, 2.24) is 14.5 Å². The third-order valence-corrected chi connectivity index (χ3v) is 7.19. The van der Waals surface area contributed by atoms with E-state index >= 15 is 0 Å². The van der Waals surface area contributed by atoms with Gasteiger partial charge >= 0.3 is 0 Å². The summed E-state index contributed by atoms with van der Waals surface area (Å²) in [5.74, 6) is 2.00. The van der Waals surface area contributed by atoms with Crippen molar-refractivity contribution in [3.05, 3.63) is 82.6 Å². The van der Waals surface area contributed by atoms with Gasteiger partial charge in [0.05, 0.1) is 10.9 Å². The average molecular weight is 482 g/mol. The summed E-state index contributed by atoms with van der Waals surface area (Å²) < 4.78 is 1.92. The Morgan fingerprint density at radius 2 is 1.83 bits per heavy atom. The van der Waals surface area contributed by atoms with Crippen molar-refractivity contribution < 1.29 is 5.11 Å². The Morgan fingerprint density at radius 3 is 2.61 bits per heavy atom. The predicted molar refractivity (Wildman–Crippen MR) is 147 cm³/mol. The highest BCUT2D eigenvalue weighted by atomic mass is 16.3. The summed E-state index contributed by atoms with van der Waals surface area (Å²) in [4.78, 5) is 21.7. The van der Waals surface area contributed by atoms with Crippen LogP contribution in [0.25, 0.3) is 33.4 Å². The van der Waals surface area contributed by atoms with Gasteiger partial charge < -0.3 is 10.0 Å². The van der Waals surface area contributed by atoms with Crippen molar-refractivity contribution in [3.63, 3.8) is 0 Å². The molecule has 186 valence electrons. The van der Waals surface area contributed by atoms with E-state index < -0.39 is 0 Å². The standard InChI is InChI=1S/C31H35N3O2/c1-21(2)18-33-15-7-9-23(19-33)20-34-30(27-12-5-4-8-22(27)3)32-29-14-13-25(17-28(29)31(34)36)24-10-6-11-26(35)16-24/h4-6,8,10-14,16-17,21,23,35H,7,9,15,18-20H2,1-3H3. The number of benzene rings is 3. The molecule has 0 saturated carbocycles. The zero-order chi connectivity index (χ0) is 25.2. The molecule has 1 aliphatic heterocycles. The van der Waals surface area contributed by atoms with Gasteiger partial charge in [-0.15, -0.1) is 0 Å². The fourth-order valence-electron chi connectivity index (χ4n) is 5.53. The molecule has 1 atom stereocenters. The smallest absolute Gasteiger partial charge is 0.261 e. The molecule has 1 aromatic heterocycles. The van der Waals surface area contributed by atoms with Crippen molar-refractivity contribution in [2.24, 2.45) is 11.8 Å². The third kappa shape index (κ3) is 5.07. The number of phenolic OH excluding ortho intramolecular Hbond substituents is 1. The molecule has 0 radical (unpaired) electrons. The summed E-state index contributed by atoms with van der Waals surface area (Å²) in [5.41, 5.74) is 4.59. The van der Waals surface area contributed by atoms with Crippen LogP contribution in [0.2, 0.25) is 0 Å². The molecule has 1 fully saturated rings. The van der Waals surface area contributed by atoms with Gasteiger partial charge in [0.25, 0.3) is 5.56 Å². The van der Waals surface area contributed by atoms with E-state index in [2.05, 4.69) is 37.8 Å². The summed E-state index contributed by atoms with van der Waals surface area (Å²) in [7, 11) is 0. The Morgan fingerprint density at radius 1 is 1.03 bits per heavy atom. The van der Waals surface area contributed by atoms with E-state index in [-0.39, 0.29) is 11.3 Å². The molecule has 1 N–H and O–H groups in total. The first kappa shape index (κ1) is 24.3. The second-order valence-corrected chi connectivity index (χ2v) is 10.6. The normalized spacial score (nSPS) is 16.6. The van der Waals surface area contributed by atoms with Gasteiger partial charge in [0.1, 0.15) is 11.6 Å². The number of hydrogen-bond donors (Lipinski definition) is 1. The summed E-state index contributed by atoms with van der Waals surface area (Å²) in [6, 6.07) is 21.1. The molecule has 1 aliphatic rings. The first-order chi connectivity index (χ1) is 17.4. The summed E-state index contributed by atoms with van der Waals surface area (Å²) in [6.07, 6.45) is 2.28. The van der Waals surface area contributed by atoms with Crippen molar-refractivity contribution >= 4 is 10.9 Å². The highest BCUT2D eigenvalue weighted by Crippen LogP contribution is 2.29. The number of fused-ring (bicyclic) bond motifs is 1. The molecule has 0 spiro atoms. The molecule has 1 saturated heterocycles. The molecule has 0 bridgehead atoms. The number of nitrogens with zero attached hydrogens (tertiary/aromatic N) is 3. The van der Waals surface area contributed by atoms with Crippen LogP contribution in [0.4, 0.5) is 0 Å². The van der Waals surface area contributed by atoms with Crippen molar-refractivity contribution in [3.8, 4) is 28.3 Å². The number of hydrogen-bond acceptors (Lipinski definition) is 4. The first-order valence-electron chi connectivity index (χ1n) is 13.0. The minimum atomic E-state index is 0.00115. The molecule has 4 aromatic rings. The molecule has 5 heteroatoms. The Balaban J connectivity index is 1.62. The van der Waals surface area contributed by atoms with Crippen LogP contribution in [-0.2, 0) is 6.54 Å². The Bertz CT molecular complexity index is 1440. The molecule has 2 heterocycles. The van der Waals surface area contributed by atoms with E-state index in [9.17, 15) is 9.90 Å². The predicted octanol–water partition coefficient (Wildman–Crippen LogP) is 6.11. The van der Waals surface area contributed by atoms with Crippen LogP contribution < -0.4 is 5.56 Å². The van der Waals surface area contributed by atoms with E-state index in [1.165, 1.54) is 0 Å². The van der Waals surface area contributed by atoms with Crippen LogP contribution in [0.15, 0.2) is 71.5 Å². The lowest BCUT2D eigenvalue weighted by Crippen LogP contribution is -2.40. The van der Waals surface area contributed by atoms with E-state index in [4.69, 9.17) is 4.98 Å². The van der Waals surface area contributed by atoms with E-state index in [1.807, 2.05) is 47.0 Å². The van der Waals surface area contributed by atoms with Crippen LogP contribution >= 0.6 is 0 Å². The van der Waals surface area contributed by atoms with E-state index in [1.54, 1.807) is 12.1 Å². The maximum atomic E-state index is 14.1. The maximum Gasteiger partial charge on any atom is 0.261 e. The summed E-state index contributed by atoms with van der Waals surface area (Å²) >= 11 is 0. The van der Waals surface area contributed by atoms with Crippen LogP contribution in [0.3, 0.4) is 0 Å². The van der Waals surface area contributed by atoms with Crippen molar-refractivity contribution in [2.45, 2.75) is 40.2 Å². The lowest BCUT2D eigenvalue weighted by molar-refractivity contribution is 0.148. The second kappa shape index (κ2) is 10.3. The fraction of sp³-hybridized carbons (Fsp3) is 0.355. The van der Waals surface area contributed by atoms with Gasteiger partial charge in [0.15, 0.2) is 0 Å². The molecule has 0 aliphatic carbocycles. The first-order valence-corrected chi connectivity index (χ1v) is 13.0. The van der Waals surface area contributed by atoms with E-state index in [0.717, 1.165) is 60.6 Å². The minimum absolute atomic E-state index is 0.00115. The summed E-state index contributed by atoms with van der Waals surface area (Å²) in [5, 5.41) is 10.6. The van der Waals surface area contributed by atoms with Crippen LogP contribution in [0.5, 0.6) is 5.75 Å². The number of piperidine rings is 1. The molecular formula is C31H35N3O2. The number of aromatic nitrogens is 2. The van der Waals surface area contributed by atoms with E-state index in [0.29, 0.717) is 29.3 Å². The highest BCUT2D eigenvalue weighted by molar-refractivity contribution is 5.85. The van der Waals surface area contributed by atoms with Gasteiger partial charge in [-0.25, -0.2) is 4.98 Å². The van der Waals surface area contributed by atoms with Gasteiger partial charge in [-0.05, 0) is 79.1 Å². The minimum Gasteiger partial charge on any atom is -0.508 e. The zero-order valence-corrected chi connectivity index (χ0v) is 21.4. The number of aromatic hydroxyl groups is 1. The number of likely N-dealkylation sites (tertiary alicyclic amines) is 1. The quantitative estimate of drug-likeness (QED) is 0.361. The van der Waals surface area contributed by atoms with Crippen LogP contribution in [-0.4, -0.2) is 39.2 Å². The van der Waals surface area contributed by atoms with Crippen molar-refractivity contribution in [2.75, 3.05) is 19.6 Å². The lowest BCUT2D eigenvalue weighted by atomic mass is 9.96. The molecule has 3 aromatic carbocycles. The highest BCUT2D eigenvalue weighted by Gasteiger charge is 2.24. The Kier molecular flexibility index (Phi) is 6.92. The SMILES string of the molecule is Cc1ccccc1-c1nc2ccc(-c3cccc(O)c3)cc2c(=O)n1CC1CCCN(CC(C)C)C1. The molecule has 1 unspecified atom stereocenters. The Labute approximate surface area is 213 Å². The summed E-state index contributed by atoms with van der Waals surface area (Å²) in [6.45, 7) is 10.5. The van der Waals surface area contributed by atoms with Gasteiger partial charge in [-0.3, -0.25) is 9.36 Å². The van der Waals surface area contributed by atoms with Crippen molar-refractivity contribution in [1.29, 1.82) is 0 Å². The number of aryl methyl sites for hydroxylation is 1. The molecule has 0 amide bonds. The van der Waals surface area contributed by atoms with Crippen LogP contribution in [0, 0.1) is 18.8 Å². The lowest BCUT2D eigenvalue weighted by Gasteiger charge is -2.34. The molecule has 5 nitrogen and oxygen atoms in total. The fourth-order valence-corrected chi connectivity index (χ4v) is 5.53. The third-order valence-electron chi connectivity index (χ3n) is 7.19. The number of rotatable bonds is 6. The molecule has 5 rings (SSSR count). The molecular weight excluding hydrogens is 446 g/mol. The van der Waals surface area contributed by atoms with Crippen LogP contribution in [0.1, 0.15) is 32.3 Å². The monoisotopic (exact) mass is 481 g/mol. The van der Waals surface area contributed by atoms with Gasteiger partial charge in [0.2, 0.25) is 0 Å². The number of phenols is 1. The second-order valence-electron chi connectivity index (χ2n) is 10.6. The van der Waals surface area contributed by atoms with Gasteiger partial charge in [-0.2, -0.15) is 0 Å². The zero-order valence-electron chi connectivity index (χ0n) is 21.4. The average Bonchev–Trinajstić information content (AvgIpc) is 2.86. The van der Waals surface area contributed by atoms with Gasteiger partial charge in [0, 0.05) is 25.2 Å². The maximum absolute atomic E-state index is 14.1. The molecule has 36 heavy (non-hydrogen) atoms. The Hall–Kier alpha value is -3.44.